The Morgan fingerprint density at radius 3 is 2.80 bits per heavy atom. The number of rotatable bonds is 5. The van der Waals surface area contributed by atoms with Crippen molar-refractivity contribution < 1.29 is 4.52 Å². The lowest BCUT2D eigenvalue weighted by Gasteiger charge is -2.09. The lowest BCUT2D eigenvalue weighted by Crippen LogP contribution is -2.36. The zero-order valence-corrected chi connectivity index (χ0v) is 12.7. The minimum Gasteiger partial charge on any atom is -0.364 e. The predicted octanol–water partition coefficient (Wildman–Crippen LogP) is 2.12. The molecule has 0 saturated carbocycles. The molecule has 2 N–H and O–H groups in total. The van der Waals surface area contributed by atoms with Crippen molar-refractivity contribution in [3.8, 4) is 0 Å². The molecule has 20 heavy (non-hydrogen) atoms. The Morgan fingerprint density at radius 1 is 1.40 bits per heavy atom. The van der Waals surface area contributed by atoms with Gasteiger partial charge in [0.05, 0.1) is 18.8 Å². The Kier molecular flexibility index (Phi) is 5.11. The molecule has 0 bridgehead atoms. The van der Waals surface area contributed by atoms with Gasteiger partial charge in [0.15, 0.2) is 5.96 Å². The molecular weight excluding hydrogens is 274 g/mol. The monoisotopic (exact) mass is 293 g/mol. The third kappa shape index (κ3) is 4.06. The van der Waals surface area contributed by atoms with E-state index in [1.165, 1.54) is 0 Å². The molecule has 0 aliphatic heterocycles. The maximum absolute atomic E-state index is 4.78. The van der Waals surface area contributed by atoms with Crippen LogP contribution in [0.25, 0.3) is 0 Å². The maximum Gasteiger partial charge on any atom is 0.191 e. The lowest BCUT2D eigenvalue weighted by molar-refractivity contribution is 0.410. The molecular formula is C13H19N5OS. The summed E-state index contributed by atoms with van der Waals surface area (Å²) in [4.78, 5) is 8.73. The molecule has 2 aromatic heterocycles. The molecule has 0 saturated heterocycles. The summed E-state index contributed by atoms with van der Waals surface area (Å²) in [5.41, 5.74) is 1.97. The molecule has 108 valence electrons. The molecule has 2 aromatic rings. The molecule has 0 fully saturated rings. The van der Waals surface area contributed by atoms with E-state index in [4.69, 9.17) is 4.52 Å². The van der Waals surface area contributed by atoms with Gasteiger partial charge in [-0.25, -0.2) is 4.98 Å². The first-order valence-electron chi connectivity index (χ1n) is 6.47. The number of aliphatic imine (C=N–C) groups is 1. The standard InChI is InChI=1S/C13H19N5OS/c1-9(2)11-8-20-12(17-11)7-16-13(14-3)15-6-10-4-5-19-18-10/h4-5,8-9H,6-7H2,1-3H3,(H2,14,15,16). The van der Waals surface area contributed by atoms with Crippen LogP contribution in [0, 0.1) is 0 Å². The van der Waals surface area contributed by atoms with Gasteiger partial charge in [0.1, 0.15) is 17.0 Å². The van der Waals surface area contributed by atoms with Gasteiger partial charge in [-0.1, -0.05) is 19.0 Å². The molecule has 2 rings (SSSR count). The van der Waals surface area contributed by atoms with Gasteiger partial charge >= 0.3 is 0 Å². The first-order chi connectivity index (χ1) is 9.69. The number of hydrogen-bond donors (Lipinski definition) is 2. The SMILES string of the molecule is CN=C(NCc1ccon1)NCc1nc(C(C)C)cs1. The van der Waals surface area contributed by atoms with Crippen molar-refractivity contribution >= 4 is 17.3 Å². The third-order valence-corrected chi connectivity index (χ3v) is 3.59. The summed E-state index contributed by atoms with van der Waals surface area (Å²) in [5, 5.41) is 13.4. The minimum atomic E-state index is 0.463. The van der Waals surface area contributed by atoms with E-state index in [2.05, 4.69) is 45.0 Å². The number of nitrogens with zero attached hydrogens (tertiary/aromatic N) is 3. The van der Waals surface area contributed by atoms with Crippen LogP contribution < -0.4 is 10.6 Å². The summed E-state index contributed by atoms with van der Waals surface area (Å²) in [6.07, 6.45) is 1.55. The quantitative estimate of drug-likeness (QED) is 0.652. The molecule has 6 nitrogen and oxygen atoms in total. The molecule has 0 aromatic carbocycles. The summed E-state index contributed by atoms with van der Waals surface area (Å²) in [7, 11) is 1.74. The fourth-order valence-corrected chi connectivity index (χ4v) is 2.45. The largest absolute Gasteiger partial charge is 0.364 e. The van der Waals surface area contributed by atoms with Gasteiger partial charge in [-0.15, -0.1) is 11.3 Å². The highest BCUT2D eigenvalue weighted by Gasteiger charge is 2.06. The lowest BCUT2D eigenvalue weighted by atomic mass is 10.2. The number of guanidine groups is 1. The average molecular weight is 293 g/mol. The highest BCUT2D eigenvalue weighted by molar-refractivity contribution is 7.09. The second kappa shape index (κ2) is 7.04. The summed E-state index contributed by atoms with van der Waals surface area (Å²) >= 11 is 1.66. The predicted molar refractivity (Wildman–Crippen MR) is 79.7 cm³/mol. The van der Waals surface area contributed by atoms with Gasteiger partial charge in [0.25, 0.3) is 0 Å². The first-order valence-corrected chi connectivity index (χ1v) is 7.35. The second-order valence-corrected chi connectivity index (χ2v) is 5.53. The van der Waals surface area contributed by atoms with Crippen LogP contribution in [-0.4, -0.2) is 23.1 Å². The van der Waals surface area contributed by atoms with Crippen LogP contribution in [0.3, 0.4) is 0 Å². The fourth-order valence-electron chi connectivity index (χ4n) is 1.55. The van der Waals surface area contributed by atoms with Crippen molar-refractivity contribution in [1.29, 1.82) is 0 Å². The summed E-state index contributed by atoms with van der Waals surface area (Å²) in [6.45, 7) is 5.52. The van der Waals surface area contributed by atoms with Crippen molar-refractivity contribution in [2.75, 3.05) is 7.05 Å². The summed E-state index contributed by atoms with van der Waals surface area (Å²) < 4.78 is 4.78. The third-order valence-electron chi connectivity index (χ3n) is 2.72. The van der Waals surface area contributed by atoms with Gasteiger partial charge < -0.3 is 15.2 Å². The van der Waals surface area contributed by atoms with Crippen molar-refractivity contribution in [1.82, 2.24) is 20.8 Å². The van der Waals surface area contributed by atoms with E-state index in [9.17, 15) is 0 Å². The van der Waals surface area contributed by atoms with Crippen molar-refractivity contribution in [2.45, 2.75) is 32.9 Å². The molecule has 0 amide bonds. The molecule has 0 aliphatic rings. The minimum absolute atomic E-state index is 0.463. The Bertz CT molecular complexity index is 547. The Morgan fingerprint density at radius 2 is 2.20 bits per heavy atom. The number of hydrogen-bond acceptors (Lipinski definition) is 5. The van der Waals surface area contributed by atoms with E-state index in [1.54, 1.807) is 24.6 Å². The Balaban J connectivity index is 1.81. The molecule has 0 spiro atoms. The molecule has 0 aliphatic carbocycles. The normalized spacial score (nSPS) is 11.9. The van der Waals surface area contributed by atoms with Gasteiger partial charge in [0.2, 0.25) is 0 Å². The van der Waals surface area contributed by atoms with E-state index >= 15 is 0 Å². The van der Waals surface area contributed by atoms with Crippen LogP contribution in [-0.2, 0) is 13.1 Å². The van der Waals surface area contributed by atoms with Crippen molar-refractivity contribution in [2.24, 2.45) is 4.99 Å². The van der Waals surface area contributed by atoms with Gasteiger partial charge in [-0.2, -0.15) is 0 Å². The number of thiazole rings is 1. The second-order valence-electron chi connectivity index (χ2n) is 4.59. The van der Waals surface area contributed by atoms with Gasteiger partial charge in [0, 0.05) is 18.5 Å². The summed E-state index contributed by atoms with van der Waals surface area (Å²) in [5.74, 6) is 1.18. The number of nitrogens with one attached hydrogen (secondary N) is 2. The average Bonchev–Trinajstić information content (AvgIpc) is 3.10. The van der Waals surface area contributed by atoms with E-state index in [1.807, 2.05) is 6.07 Å². The Hall–Kier alpha value is -1.89. The van der Waals surface area contributed by atoms with Crippen molar-refractivity contribution in [3.63, 3.8) is 0 Å². The highest BCUT2D eigenvalue weighted by Crippen LogP contribution is 2.17. The van der Waals surface area contributed by atoms with Crippen LogP contribution in [0.1, 0.15) is 36.2 Å². The zero-order valence-electron chi connectivity index (χ0n) is 11.9. The molecule has 2 heterocycles. The topological polar surface area (TPSA) is 75.3 Å². The molecule has 0 radical (unpaired) electrons. The van der Waals surface area contributed by atoms with Crippen molar-refractivity contribution in [3.05, 3.63) is 34.1 Å². The molecule has 7 heteroatoms. The van der Waals surface area contributed by atoms with E-state index in [0.717, 1.165) is 16.4 Å². The smallest absolute Gasteiger partial charge is 0.191 e. The van der Waals surface area contributed by atoms with Crippen LogP contribution >= 0.6 is 11.3 Å². The van der Waals surface area contributed by atoms with Gasteiger partial charge in [-0.05, 0) is 5.92 Å². The van der Waals surface area contributed by atoms with E-state index in [0.29, 0.717) is 25.0 Å². The van der Waals surface area contributed by atoms with E-state index in [-0.39, 0.29) is 0 Å². The number of aromatic nitrogens is 2. The van der Waals surface area contributed by atoms with E-state index < -0.39 is 0 Å². The summed E-state index contributed by atoms with van der Waals surface area (Å²) in [6, 6.07) is 1.82. The van der Waals surface area contributed by atoms with Crippen LogP contribution in [0.4, 0.5) is 0 Å². The van der Waals surface area contributed by atoms with Crippen LogP contribution in [0.15, 0.2) is 27.2 Å². The highest BCUT2D eigenvalue weighted by atomic mass is 32.1. The van der Waals surface area contributed by atoms with Gasteiger partial charge in [-0.3, -0.25) is 4.99 Å². The van der Waals surface area contributed by atoms with Crippen LogP contribution in [0.5, 0.6) is 0 Å². The molecule has 0 atom stereocenters. The first kappa shape index (κ1) is 14.5. The maximum atomic E-state index is 4.78. The zero-order chi connectivity index (χ0) is 14.4. The fraction of sp³-hybridized carbons (Fsp3) is 0.462. The molecule has 0 unspecified atom stereocenters. The Labute approximate surface area is 122 Å². The van der Waals surface area contributed by atoms with Crippen LogP contribution in [0.2, 0.25) is 0 Å².